The molecule has 34 heavy (non-hydrogen) atoms. The maximum atomic E-state index is 13.4. The zero-order chi connectivity index (χ0) is 23.7. The summed E-state index contributed by atoms with van der Waals surface area (Å²) in [6, 6.07) is 15.3. The van der Waals surface area contributed by atoms with E-state index in [1.54, 1.807) is 4.90 Å². The summed E-state index contributed by atoms with van der Waals surface area (Å²) in [7, 11) is 0. The largest absolute Gasteiger partial charge is 0.481 e. The predicted molar refractivity (Wildman–Crippen MR) is 126 cm³/mol. The molecule has 5 rings (SSSR count). The van der Waals surface area contributed by atoms with E-state index < -0.39 is 18.1 Å². The standard InChI is InChI=1S/C27H30N2O5/c30-24(31)15-18-9-6-14-29(18)26(32)25(17-7-5-8-17)28-27(33)34-16-23-21-12-3-1-10-19(21)20-11-2-4-13-22(20)23/h1-4,10-13,17-18,23,25H,5-9,14-16H2,(H,28,33)(H,30,31)/t18-,25?/m1/s1. The third-order valence-electron chi connectivity index (χ3n) is 7.57. The van der Waals surface area contributed by atoms with Crippen molar-refractivity contribution < 1.29 is 24.2 Å². The number of carbonyl (C=O) groups is 3. The molecule has 178 valence electrons. The Balaban J connectivity index is 1.26. The van der Waals surface area contributed by atoms with Crippen molar-refractivity contribution >= 4 is 18.0 Å². The first-order valence-electron chi connectivity index (χ1n) is 12.2. The number of carboxylic acids is 1. The monoisotopic (exact) mass is 462 g/mol. The lowest BCUT2D eigenvalue weighted by Gasteiger charge is -2.36. The van der Waals surface area contributed by atoms with Gasteiger partial charge in [-0.2, -0.15) is 0 Å². The zero-order valence-electron chi connectivity index (χ0n) is 19.1. The Morgan fingerprint density at radius 1 is 0.971 bits per heavy atom. The van der Waals surface area contributed by atoms with Crippen molar-refractivity contribution in [3.63, 3.8) is 0 Å². The second-order valence-corrected chi connectivity index (χ2v) is 9.56. The molecule has 2 aromatic rings. The lowest BCUT2D eigenvalue weighted by molar-refractivity contribution is -0.141. The summed E-state index contributed by atoms with van der Waals surface area (Å²) in [5, 5.41) is 12.1. The van der Waals surface area contributed by atoms with Crippen LogP contribution in [0.15, 0.2) is 48.5 Å². The number of carboxylic acid groups (broad SMARTS) is 1. The average molecular weight is 463 g/mol. The molecule has 2 N–H and O–H groups in total. The van der Waals surface area contributed by atoms with Crippen molar-refractivity contribution in [1.29, 1.82) is 0 Å². The van der Waals surface area contributed by atoms with Crippen LogP contribution in [-0.2, 0) is 14.3 Å². The second kappa shape index (κ2) is 9.49. The minimum Gasteiger partial charge on any atom is -0.481 e. The first-order chi connectivity index (χ1) is 16.5. The molecule has 1 heterocycles. The van der Waals surface area contributed by atoms with Gasteiger partial charge in [0.15, 0.2) is 0 Å². The van der Waals surface area contributed by atoms with Crippen LogP contribution in [0.25, 0.3) is 11.1 Å². The Hall–Kier alpha value is -3.35. The molecule has 0 spiro atoms. The zero-order valence-corrected chi connectivity index (χ0v) is 19.1. The van der Waals surface area contributed by atoms with Crippen molar-refractivity contribution in [3.05, 3.63) is 59.7 Å². The van der Waals surface area contributed by atoms with Crippen LogP contribution in [-0.4, -0.2) is 53.2 Å². The van der Waals surface area contributed by atoms with Crippen LogP contribution in [0.5, 0.6) is 0 Å². The first-order valence-corrected chi connectivity index (χ1v) is 12.2. The van der Waals surface area contributed by atoms with Gasteiger partial charge in [0.05, 0.1) is 6.42 Å². The number of ether oxygens (including phenoxy) is 1. The number of likely N-dealkylation sites (tertiary alicyclic amines) is 1. The van der Waals surface area contributed by atoms with Gasteiger partial charge in [-0.15, -0.1) is 0 Å². The molecule has 2 amide bonds. The number of rotatable bonds is 7. The second-order valence-electron chi connectivity index (χ2n) is 9.56. The fourth-order valence-electron chi connectivity index (χ4n) is 5.64. The molecule has 0 aromatic heterocycles. The van der Waals surface area contributed by atoms with E-state index in [-0.39, 0.29) is 36.8 Å². The topological polar surface area (TPSA) is 95.9 Å². The summed E-state index contributed by atoms with van der Waals surface area (Å²) >= 11 is 0. The highest BCUT2D eigenvalue weighted by Gasteiger charge is 2.40. The van der Waals surface area contributed by atoms with Gasteiger partial charge in [0, 0.05) is 18.5 Å². The maximum absolute atomic E-state index is 13.4. The molecule has 1 saturated carbocycles. The van der Waals surface area contributed by atoms with E-state index in [2.05, 4.69) is 29.6 Å². The van der Waals surface area contributed by atoms with E-state index in [1.165, 1.54) is 0 Å². The van der Waals surface area contributed by atoms with Gasteiger partial charge in [-0.3, -0.25) is 9.59 Å². The molecular formula is C27H30N2O5. The van der Waals surface area contributed by atoms with E-state index in [0.29, 0.717) is 13.0 Å². The van der Waals surface area contributed by atoms with Gasteiger partial charge in [-0.1, -0.05) is 55.0 Å². The third-order valence-corrected chi connectivity index (χ3v) is 7.57. The van der Waals surface area contributed by atoms with Crippen molar-refractivity contribution in [3.8, 4) is 11.1 Å². The minimum absolute atomic E-state index is 0.0467. The normalized spacial score (nSPS) is 20.2. The Labute approximate surface area is 199 Å². The number of alkyl carbamates (subject to hydrolysis) is 1. The van der Waals surface area contributed by atoms with E-state index in [0.717, 1.165) is 47.9 Å². The fourth-order valence-corrected chi connectivity index (χ4v) is 5.64. The van der Waals surface area contributed by atoms with Gasteiger partial charge in [0.1, 0.15) is 12.6 Å². The molecule has 1 aliphatic heterocycles. The molecule has 7 heteroatoms. The van der Waals surface area contributed by atoms with Crippen molar-refractivity contribution in [2.75, 3.05) is 13.2 Å². The highest BCUT2D eigenvalue weighted by atomic mass is 16.5. The fraction of sp³-hybridized carbons (Fsp3) is 0.444. The molecule has 2 aliphatic carbocycles. The van der Waals surface area contributed by atoms with E-state index >= 15 is 0 Å². The van der Waals surface area contributed by atoms with Gasteiger partial charge in [0.2, 0.25) is 5.91 Å². The first kappa shape index (κ1) is 22.4. The number of aliphatic carboxylic acids is 1. The van der Waals surface area contributed by atoms with Crippen LogP contribution in [0, 0.1) is 5.92 Å². The van der Waals surface area contributed by atoms with E-state index in [1.807, 2.05) is 24.3 Å². The van der Waals surface area contributed by atoms with Gasteiger partial charge < -0.3 is 20.1 Å². The van der Waals surface area contributed by atoms with Gasteiger partial charge in [-0.25, -0.2) is 4.79 Å². The van der Waals surface area contributed by atoms with Crippen LogP contribution in [0.2, 0.25) is 0 Å². The predicted octanol–water partition coefficient (Wildman–Crippen LogP) is 4.16. The van der Waals surface area contributed by atoms with Crippen molar-refractivity contribution in [2.24, 2.45) is 5.92 Å². The summed E-state index contributed by atoms with van der Waals surface area (Å²) < 4.78 is 5.68. The Morgan fingerprint density at radius 3 is 2.21 bits per heavy atom. The molecule has 3 aliphatic rings. The van der Waals surface area contributed by atoms with Crippen LogP contribution in [0.3, 0.4) is 0 Å². The molecule has 2 fully saturated rings. The van der Waals surface area contributed by atoms with Crippen LogP contribution >= 0.6 is 0 Å². The van der Waals surface area contributed by atoms with Crippen LogP contribution in [0.1, 0.15) is 55.6 Å². The Kier molecular flexibility index (Phi) is 6.26. The Bertz CT molecular complexity index is 1050. The number of amides is 2. The lowest BCUT2D eigenvalue weighted by atomic mass is 9.79. The number of benzene rings is 2. The summed E-state index contributed by atoms with van der Waals surface area (Å²) in [4.78, 5) is 39.1. The number of hydrogen-bond donors (Lipinski definition) is 2. The van der Waals surface area contributed by atoms with Gasteiger partial charge in [-0.05, 0) is 53.9 Å². The average Bonchev–Trinajstić information content (AvgIpc) is 3.37. The van der Waals surface area contributed by atoms with Gasteiger partial charge >= 0.3 is 12.1 Å². The molecule has 1 saturated heterocycles. The van der Waals surface area contributed by atoms with Crippen LogP contribution < -0.4 is 5.32 Å². The smallest absolute Gasteiger partial charge is 0.407 e. The van der Waals surface area contributed by atoms with Crippen molar-refractivity contribution in [1.82, 2.24) is 10.2 Å². The van der Waals surface area contributed by atoms with E-state index in [4.69, 9.17) is 4.74 Å². The number of carbonyl (C=O) groups excluding carboxylic acids is 2. The number of fused-ring (bicyclic) bond motifs is 3. The quantitative estimate of drug-likeness (QED) is 0.644. The van der Waals surface area contributed by atoms with Gasteiger partial charge in [0.25, 0.3) is 0 Å². The highest BCUT2D eigenvalue weighted by molar-refractivity contribution is 5.87. The lowest BCUT2D eigenvalue weighted by Crippen LogP contribution is -2.55. The molecule has 0 radical (unpaired) electrons. The molecule has 1 unspecified atom stereocenters. The highest BCUT2D eigenvalue weighted by Crippen LogP contribution is 2.44. The molecule has 7 nitrogen and oxygen atoms in total. The maximum Gasteiger partial charge on any atom is 0.407 e. The van der Waals surface area contributed by atoms with Crippen molar-refractivity contribution in [2.45, 2.75) is 56.5 Å². The number of hydrogen-bond acceptors (Lipinski definition) is 4. The Morgan fingerprint density at radius 2 is 1.62 bits per heavy atom. The van der Waals surface area contributed by atoms with E-state index in [9.17, 15) is 19.5 Å². The number of nitrogens with one attached hydrogen (secondary N) is 1. The molecule has 2 atom stereocenters. The third kappa shape index (κ3) is 4.27. The summed E-state index contributed by atoms with van der Waals surface area (Å²) in [6.45, 7) is 0.725. The molecular weight excluding hydrogens is 432 g/mol. The SMILES string of the molecule is O=C(O)C[C@H]1CCCN1C(=O)C(NC(=O)OCC1c2ccccc2-c2ccccc21)C1CCC1. The summed E-state index contributed by atoms with van der Waals surface area (Å²) in [5.41, 5.74) is 4.59. The summed E-state index contributed by atoms with van der Waals surface area (Å²) in [6.07, 6.45) is 3.58. The number of nitrogens with zero attached hydrogens (tertiary/aromatic N) is 1. The molecule has 0 bridgehead atoms. The molecule has 2 aromatic carbocycles. The summed E-state index contributed by atoms with van der Waals surface area (Å²) in [5.74, 6) is -1.06. The minimum atomic E-state index is -0.908. The van der Waals surface area contributed by atoms with Crippen LogP contribution in [0.4, 0.5) is 4.79 Å².